The highest BCUT2D eigenvalue weighted by atomic mass is 16.2. The lowest BCUT2D eigenvalue weighted by atomic mass is 9.90. The molecule has 1 amide bonds. The molecule has 0 aromatic heterocycles. The van der Waals surface area contributed by atoms with Gasteiger partial charge in [-0.05, 0) is 38.6 Å². The third-order valence-corrected chi connectivity index (χ3v) is 4.21. The Kier molecular flexibility index (Phi) is 5.33. The van der Waals surface area contributed by atoms with E-state index >= 15 is 0 Å². The van der Waals surface area contributed by atoms with Crippen LogP contribution in [0.1, 0.15) is 34.1 Å². The molecular formula is C14H26N4O. The van der Waals surface area contributed by atoms with Gasteiger partial charge in [-0.1, -0.05) is 13.8 Å². The number of nitrogens with one attached hydrogen (secondary N) is 1. The first-order chi connectivity index (χ1) is 8.78. The van der Waals surface area contributed by atoms with Crippen molar-refractivity contribution >= 4 is 5.91 Å². The van der Waals surface area contributed by atoms with Gasteiger partial charge in [0.1, 0.15) is 5.54 Å². The summed E-state index contributed by atoms with van der Waals surface area (Å²) in [6, 6.07) is 2.36. The van der Waals surface area contributed by atoms with Gasteiger partial charge >= 0.3 is 0 Å². The van der Waals surface area contributed by atoms with Crippen LogP contribution in [0.2, 0.25) is 0 Å². The van der Waals surface area contributed by atoms with E-state index in [-0.39, 0.29) is 17.9 Å². The fourth-order valence-corrected chi connectivity index (χ4v) is 2.27. The van der Waals surface area contributed by atoms with E-state index in [0.29, 0.717) is 12.5 Å². The van der Waals surface area contributed by atoms with E-state index in [2.05, 4.69) is 16.3 Å². The summed E-state index contributed by atoms with van der Waals surface area (Å²) in [6.07, 6.45) is 1.05. The summed E-state index contributed by atoms with van der Waals surface area (Å²) in [5.41, 5.74) is 5.09. The number of rotatable bonds is 5. The van der Waals surface area contributed by atoms with E-state index in [1.165, 1.54) is 0 Å². The maximum Gasteiger partial charge on any atom is 0.235 e. The summed E-state index contributed by atoms with van der Waals surface area (Å²) >= 11 is 0. The number of nitriles is 1. The molecule has 5 heteroatoms. The minimum atomic E-state index is -0.794. The molecule has 1 aliphatic rings. The Morgan fingerprint density at radius 3 is 2.63 bits per heavy atom. The Morgan fingerprint density at radius 1 is 1.58 bits per heavy atom. The van der Waals surface area contributed by atoms with Crippen molar-refractivity contribution in [1.82, 2.24) is 10.2 Å². The van der Waals surface area contributed by atoms with Gasteiger partial charge in [-0.15, -0.1) is 0 Å². The van der Waals surface area contributed by atoms with Crippen LogP contribution in [0, 0.1) is 23.2 Å². The van der Waals surface area contributed by atoms with Crippen LogP contribution in [0.3, 0.4) is 0 Å². The molecule has 3 N–H and O–H groups in total. The zero-order valence-electron chi connectivity index (χ0n) is 12.4. The molecule has 5 nitrogen and oxygen atoms in total. The Balaban J connectivity index is 2.47. The Bertz CT molecular complexity index is 361. The van der Waals surface area contributed by atoms with Gasteiger partial charge in [0.25, 0.3) is 0 Å². The molecule has 108 valence electrons. The van der Waals surface area contributed by atoms with E-state index in [1.54, 1.807) is 6.92 Å². The number of nitrogens with zero attached hydrogens (tertiary/aromatic N) is 2. The lowest BCUT2D eigenvalue weighted by molar-refractivity contribution is -0.123. The van der Waals surface area contributed by atoms with Crippen LogP contribution < -0.4 is 11.1 Å². The van der Waals surface area contributed by atoms with Gasteiger partial charge in [0.2, 0.25) is 5.91 Å². The fraction of sp³-hybridized carbons (Fsp3) is 0.857. The molecule has 1 rings (SSSR count). The minimum absolute atomic E-state index is 0.0804. The molecule has 1 saturated heterocycles. The second-order valence-electron chi connectivity index (χ2n) is 6.16. The Morgan fingerprint density at radius 2 is 2.21 bits per heavy atom. The smallest absolute Gasteiger partial charge is 0.235 e. The lowest BCUT2D eigenvalue weighted by Gasteiger charge is -2.28. The number of likely N-dealkylation sites (tertiary alicyclic amines) is 1. The van der Waals surface area contributed by atoms with E-state index < -0.39 is 5.54 Å². The molecule has 1 aliphatic heterocycles. The SMILES string of the molecule is CC(N)C1CCN(CC(=O)NC(C)(C#N)C(C)C)C1. The topological polar surface area (TPSA) is 82.2 Å². The van der Waals surface area contributed by atoms with Crippen LogP contribution in [0.25, 0.3) is 0 Å². The summed E-state index contributed by atoms with van der Waals surface area (Å²) in [4.78, 5) is 14.1. The summed E-state index contributed by atoms with van der Waals surface area (Å²) in [6.45, 7) is 9.79. The largest absolute Gasteiger partial charge is 0.337 e. The molecule has 0 aromatic carbocycles. The third-order valence-electron chi connectivity index (χ3n) is 4.21. The zero-order chi connectivity index (χ0) is 14.6. The number of carbonyl (C=O) groups excluding carboxylic acids is 1. The molecule has 0 bridgehead atoms. The van der Waals surface area contributed by atoms with Gasteiger partial charge in [-0.3, -0.25) is 9.69 Å². The van der Waals surface area contributed by atoms with Crippen LogP contribution in [0.15, 0.2) is 0 Å². The maximum absolute atomic E-state index is 12.0. The Hall–Kier alpha value is -1.12. The average molecular weight is 266 g/mol. The number of hydrogen-bond acceptors (Lipinski definition) is 4. The normalized spacial score (nSPS) is 24.8. The van der Waals surface area contributed by atoms with Gasteiger partial charge in [-0.2, -0.15) is 5.26 Å². The van der Waals surface area contributed by atoms with Gasteiger partial charge in [-0.25, -0.2) is 0 Å². The second kappa shape index (κ2) is 6.36. The fourth-order valence-electron chi connectivity index (χ4n) is 2.27. The zero-order valence-corrected chi connectivity index (χ0v) is 12.4. The van der Waals surface area contributed by atoms with Gasteiger partial charge in [0.15, 0.2) is 0 Å². The van der Waals surface area contributed by atoms with Crippen LogP contribution in [0.4, 0.5) is 0 Å². The molecule has 0 aliphatic carbocycles. The number of nitrogens with two attached hydrogens (primary N) is 1. The molecule has 0 radical (unpaired) electrons. The summed E-state index contributed by atoms with van der Waals surface area (Å²) in [5, 5.41) is 12.0. The van der Waals surface area contributed by atoms with Crippen molar-refractivity contribution in [1.29, 1.82) is 5.26 Å². The van der Waals surface area contributed by atoms with Gasteiger partial charge in [0, 0.05) is 12.6 Å². The van der Waals surface area contributed by atoms with Crippen molar-refractivity contribution in [3.63, 3.8) is 0 Å². The monoisotopic (exact) mass is 266 g/mol. The molecular weight excluding hydrogens is 240 g/mol. The van der Waals surface area contributed by atoms with Crippen molar-refractivity contribution in [2.75, 3.05) is 19.6 Å². The van der Waals surface area contributed by atoms with Crippen molar-refractivity contribution in [2.45, 2.75) is 45.7 Å². The molecule has 3 unspecified atom stereocenters. The number of amides is 1. The summed E-state index contributed by atoms with van der Waals surface area (Å²) < 4.78 is 0. The van der Waals surface area contributed by atoms with Crippen molar-refractivity contribution in [3.8, 4) is 6.07 Å². The molecule has 19 heavy (non-hydrogen) atoms. The third kappa shape index (κ3) is 4.19. The highest BCUT2D eigenvalue weighted by Gasteiger charge is 2.32. The first-order valence-electron chi connectivity index (χ1n) is 6.98. The second-order valence-corrected chi connectivity index (χ2v) is 6.16. The standard InChI is InChI=1S/C14H26N4O/c1-10(2)14(4,9-15)17-13(19)8-18-6-5-12(7-18)11(3)16/h10-12H,5-8,16H2,1-4H3,(H,17,19). The highest BCUT2D eigenvalue weighted by molar-refractivity contribution is 5.79. The molecule has 1 fully saturated rings. The highest BCUT2D eigenvalue weighted by Crippen LogP contribution is 2.19. The molecule has 0 aromatic rings. The van der Waals surface area contributed by atoms with Gasteiger partial charge in [0.05, 0.1) is 12.6 Å². The van der Waals surface area contributed by atoms with Crippen molar-refractivity contribution in [3.05, 3.63) is 0 Å². The predicted octanol–water partition coefficient (Wildman–Crippen LogP) is 0.710. The first-order valence-corrected chi connectivity index (χ1v) is 6.98. The van der Waals surface area contributed by atoms with Crippen LogP contribution in [-0.2, 0) is 4.79 Å². The average Bonchev–Trinajstić information content (AvgIpc) is 2.76. The van der Waals surface area contributed by atoms with Crippen molar-refractivity contribution < 1.29 is 4.79 Å². The van der Waals surface area contributed by atoms with E-state index in [0.717, 1.165) is 19.5 Å². The number of hydrogen-bond donors (Lipinski definition) is 2. The quantitative estimate of drug-likeness (QED) is 0.768. The molecule has 0 saturated carbocycles. The summed E-state index contributed by atoms with van der Waals surface area (Å²) in [5.74, 6) is 0.472. The van der Waals surface area contributed by atoms with Crippen LogP contribution in [0.5, 0.6) is 0 Å². The lowest BCUT2D eigenvalue weighted by Crippen LogP contribution is -2.51. The first kappa shape index (κ1) is 15.9. The number of carbonyl (C=O) groups is 1. The molecule has 0 spiro atoms. The van der Waals surface area contributed by atoms with Crippen molar-refractivity contribution in [2.24, 2.45) is 17.6 Å². The van der Waals surface area contributed by atoms with Crippen LogP contribution in [-0.4, -0.2) is 42.0 Å². The maximum atomic E-state index is 12.0. The molecule has 3 atom stereocenters. The minimum Gasteiger partial charge on any atom is -0.337 e. The molecule has 1 heterocycles. The predicted molar refractivity (Wildman–Crippen MR) is 75.2 cm³/mol. The van der Waals surface area contributed by atoms with Gasteiger partial charge < -0.3 is 11.1 Å². The Labute approximate surface area is 116 Å². The van der Waals surface area contributed by atoms with Crippen LogP contribution >= 0.6 is 0 Å². The van der Waals surface area contributed by atoms with E-state index in [1.807, 2.05) is 20.8 Å². The summed E-state index contributed by atoms with van der Waals surface area (Å²) in [7, 11) is 0. The van der Waals surface area contributed by atoms with E-state index in [9.17, 15) is 10.1 Å². The van der Waals surface area contributed by atoms with E-state index in [4.69, 9.17) is 5.73 Å².